The second kappa shape index (κ2) is 6.57. The molecule has 0 saturated carbocycles. The summed E-state index contributed by atoms with van der Waals surface area (Å²) in [6.45, 7) is 0. The van der Waals surface area contributed by atoms with E-state index >= 15 is 0 Å². The third-order valence-electron chi connectivity index (χ3n) is 3.03. The molecule has 0 aromatic heterocycles. The molecular weight excluding hydrogens is 250 g/mol. The molecule has 4 heteroatoms. The summed E-state index contributed by atoms with van der Waals surface area (Å²) < 4.78 is 0. The van der Waals surface area contributed by atoms with E-state index in [1.54, 1.807) is 6.07 Å². The molecule has 0 radical (unpaired) electrons. The van der Waals surface area contributed by atoms with Crippen LogP contribution in [0.15, 0.2) is 24.3 Å². The molecular formula is C13H19NOS2. The normalized spacial score (nSPS) is 22.3. The van der Waals surface area contributed by atoms with Gasteiger partial charge in [0.2, 0.25) is 0 Å². The smallest absolute Gasteiger partial charge is 0.115 e. The number of aromatic hydroxyl groups is 1. The summed E-state index contributed by atoms with van der Waals surface area (Å²) in [5.74, 6) is 4.13. The number of thioether (sulfide) groups is 2. The standard InChI is InChI=1S/C13H19NOS2/c1-14-12(13-9-16-5-6-17-13)8-10-3-2-4-11(15)7-10/h2-4,7,12-15H,5-6,8-9H2,1H3. The quantitative estimate of drug-likeness (QED) is 0.879. The van der Waals surface area contributed by atoms with Crippen LogP contribution >= 0.6 is 23.5 Å². The van der Waals surface area contributed by atoms with E-state index in [-0.39, 0.29) is 0 Å². The summed E-state index contributed by atoms with van der Waals surface area (Å²) in [5.41, 5.74) is 1.21. The van der Waals surface area contributed by atoms with Crippen LogP contribution in [-0.4, -0.2) is 40.7 Å². The molecule has 0 bridgehead atoms. The molecule has 0 spiro atoms. The predicted octanol–water partition coefficient (Wildman–Crippen LogP) is 2.37. The topological polar surface area (TPSA) is 32.3 Å². The predicted molar refractivity (Wildman–Crippen MR) is 78.2 cm³/mol. The molecule has 1 fully saturated rings. The van der Waals surface area contributed by atoms with Crippen molar-refractivity contribution in [3.63, 3.8) is 0 Å². The maximum atomic E-state index is 9.48. The number of benzene rings is 1. The highest BCUT2D eigenvalue weighted by atomic mass is 32.2. The molecule has 2 nitrogen and oxygen atoms in total. The number of hydrogen-bond donors (Lipinski definition) is 2. The van der Waals surface area contributed by atoms with E-state index in [0.29, 0.717) is 17.0 Å². The highest BCUT2D eigenvalue weighted by molar-refractivity contribution is 8.06. The first kappa shape index (κ1) is 13.1. The maximum absolute atomic E-state index is 9.48. The molecule has 2 N–H and O–H groups in total. The Balaban J connectivity index is 1.98. The minimum Gasteiger partial charge on any atom is -0.508 e. The Labute approximate surface area is 112 Å². The van der Waals surface area contributed by atoms with Gasteiger partial charge in [-0.3, -0.25) is 0 Å². The molecule has 1 heterocycles. The summed E-state index contributed by atoms with van der Waals surface area (Å²) in [4.78, 5) is 0. The van der Waals surface area contributed by atoms with Crippen LogP contribution in [0.1, 0.15) is 5.56 Å². The minimum atomic E-state index is 0.364. The van der Waals surface area contributed by atoms with Gasteiger partial charge in [-0.15, -0.1) is 0 Å². The van der Waals surface area contributed by atoms with Gasteiger partial charge in [-0.1, -0.05) is 12.1 Å². The van der Waals surface area contributed by atoms with Crippen molar-refractivity contribution in [2.75, 3.05) is 24.3 Å². The lowest BCUT2D eigenvalue weighted by Crippen LogP contribution is -2.40. The zero-order chi connectivity index (χ0) is 12.1. The van der Waals surface area contributed by atoms with Gasteiger partial charge in [0.1, 0.15) is 5.75 Å². The van der Waals surface area contributed by atoms with Gasteiger partial charge in [-0.05, 0) is 31.2 Å². The molecule has 2 unspecified atom stereocenters. The lowest BCUT2D eigenvalue weighted by atomic mass is 10.0. The summed E-state index contributed by atoms with van der Waals surface area (Å²) in [6, 6.07) is 8.09. The third kappa shape index (κ3) is 3.83. The fraction of sp³-hybridized carbons (Fsp3) is 0.538. The Morgan fingerprint density at radius 1 is 1.47 bits per heavy atom. The molecule has 0 aliphatic carbocycles. The maximum Gasteiger partial charge on any atom is 0.115 e. The van der Waals surface area contributed by atoms with Crippen LogP contribution in [0.2, 0.25) is 0 Å². The molecule has 1 aromatic carbocycles. The summed E-state index contributed by atoms with van der Waals surface area (Å²) >= 11 is 4.12. The molecule has 2 rings (SSSR count). The summed E-state index contributed by atoms with van der Waals surface area (Å²) in [6.07, 6.45) is 0.989. The Hall–Kier alpha value is -0.320. The molecule has 1 aliphatic heterocycles. The van der Waals surface area contributed by atoms with E-state index < -0.39 is 0 Å². The fourth-order valence-corrected chi connectivity index (χ4v) is 5.02. The lowest BCUT2D eigenvalue weighted by molar-refractivity contribution is 0.473. The van der Waals surface area contributed by atoms with Crippen LogP contribution in [0.3, 0.4) is 0 Å². The molecule has 17 heavy (non-hydrogen) atoms. The van der Waals surface area contributed by atoms with Crippen molar-refractivity contribution in [2.45, 2.75) is 17.7 Å². The Morgan fingerprint density at radius 2 is 2.35 bits per heavy atom. The van der Waals surface area contributed by atoms with Gasteiger partial charge in [0.25, 0.3) is 0 Å². The largest absolute Gasteiger partial charge is 0.508 e. The van der Waals surface area contributed by atoms with E-state index in [4.69, 9.17) is 0 Å². The third-order valence-corrected chi connectivity index (χ3v) is 5.95. The Morgan fingerprint density at radius 3 is 3.00 bits per heavy atom. The second-order valence-electron chi connectivity index (χ2n) is 4.25. The van der Waals surface area contributed by atoms with Crippen molar-refractivity contribution in [3.05, 3.63) is 29.8 Å². The Bertz CT molecular complexity index is 353. The first-order chi connectivity index (χ1) is 8.29. The van der Waals surface area contributed by atoms with Crippen LogP contribution in [0.5, 0.6) is 5.75 Å². The molecule has 1 aromatic rings. The molecule has 94 valence electrons. The van der Waals surface area contributed by atoms with Crippen LogP contribution < -0.4 is 5.32 Å². The SMILES string of the molecule is CNC(Cc1cccc(O)c1)C1CSCCS1. The van der Waals surface area contributed by atoms with Crippen molar-refractivity contribution < 1.29 is 5.11 Å². The monoisotopic (exact) mass is 269 g/mol. The zero-order valence-corrected chi connectivity index (χ0v) is 11.7. The highest BCUT2D eigenvalue weighted by Gasteiger charge is 2.23. The average Bonchev–Trinajstić information content (AvgIpc) is 2.37. The zero-order valence-electron chi connectivity index (χ0n) is 10.1. The van der Waals surface area contributed by atoms with E-state index in [2.05, 4.69) is 34.9 Å². The van der Waals surface area contributed by atoms with Crippen molar-refractivity contribution >= 4 is 23.5 Å². The van der Waals surface area contributed by atoms with Crippen molar-refractivity contribution in [2.24, 2.45) is 0 Å². The number of rotatable bonds is 4. The van der Waals surface area contributed by atoms with Crippen molar-refractivity contribution in [3.8, 4) is 5.75 Å². The summed E-state index contributed by atoms with van der Waals surface area (Å²) in [5, 5.41) is 13.6. The Kier molecular flexibility index (Phi) is 5.07. The second-order valence-corrected chi connectivity index (χ2v) is 6.75. The summed E-state index contributed by atoms with van der Waals surface area (Å²) in [7, 11) is 2.04. The van der Waals surface area contributed by atoms with Crippen LogP contribution in [0.25, 0.3) is 0 Å². The van der Waals surface area contributed by atoms with Gasteiger partial charge < -0.3 is 10.4 Å². The molecule has 1 aliphatic rings. The average molecular weight is 269 g/mol. The molecule has 1 saturated heterocycles. The number of hydrogen-bond acceptors (Lipinski definition) is 4. The fourth-order valence-electron chi connectivity index (χ4n) is 2.10. The van der Waals surface area contributed by atoms with E-state index in [1.807, 2.05) is 19.2 Å². The van der Waals surface area contributed by atoms with E-state index in [1.165, 1.54) is 22.8 Å². The van der Waals surface area contributed by atoms with Gasteiger partial charge in [0, 0.05) is 28.6 Å². The highest BCUT2D eigenvalue weighted by Crippen LogP contribution is 2.28. The van der Waals surface area contributed by atoms with Gasteiger partial charge >= 0.3 is 0 Å². The minimum absolute atomic E-state index is 0.364. The van der Waals surface area contributed by atoms with Crippen LogP contribution in [-0.2, 0) is 6.42 Å². The molecule has 0 amide bonds. The first-order valence-corrected chi connectivity index (χ1v) is 8.14. The number of nitrogens with one attached hydrogen (secondary N) is 1. The van der Waals surface area contributed by atoms with Gasteiger partial charge in [-0.2, -0.15) is 23.5 Å². The first-order valence-electron chi connectivity index (χ1n) is 5.94. The van der Waals surface area contributed by atoms with Gasteiger partial charge in [0.15, 0.2) is 0 Å². The van der Waals surface area contributed by atoms with Crippen molar-refractivity contribution in [1.82, 2.24) is 5.32 Å². The number of phenols is 1. The van der Waals surface area contributed by atoms with Crippen LogP contribution in [0, 0.1) is 0 Å². The van der Waals surface area contributed by atoms with Gasteiger partial charge in [0.05, 0.1) is 0 Å². The number of likely N-dealkylation sites (N-methyl/N-ethyl adjacent to an activating group) is 1. The van der Waals surface area contributed by atoms with Gasteiger partial charge in [-0.25, -0.2) is 0 Å². The van der Waals surface area contributed by atoms with Crippen LogP contribution in [0.4, 0.5) is 0 Å². The van der Waals surface area contributed by atoms with E-state index in [9.17, 15) is 5.11 Å². The number of phenolic OH excluding ortho intramolecular Hbond substituents is 1. The lowest BCUT2D eigenvalue weighted by Gasteiger charge is -2.29. The van der Waals surface area contributed by atoms with Crippen molar-refractivity contribution in [1.29, 1.82) is 0 Å². The molecule has 2 atom stereocenters. The van der Waals surface area contributed by atoms with E-state index in [0.717, 1.165) is 6.42 Å².